The van der Waals surface area contributed by atoms with Gasteiger partial charge in [-0.3, -0.25) is 9.36 Å². The van der Waals surface area contributed by atoms with Crippen molar-refractivity contribution in [2.75, 3.05) is 0 Å². The Bertz CT molecular complexity index is 532. The van der Waals surface area contributed by atoms with Crippen LogP contribution in [0.3, 0.4) is 0 Å². The summed E-state index contributed by atoms with van der Waals surface area (Å²) >= 11 is 6.80. The number of hydrogen-bond donors (Lipinski definition) is 1. The highest BCUT2D eigenvalue weighted by Crippen LogP contribution is 2.15. The van der Waals surface area contributed by atoms with Gasteiger partial charge < -0.3 is 5.11 Å². The van der Waals surface area contributed by atoms with Gasteiger partial charge in [0.25, 0.3) is 0 Å². The van der Waals surface area contributed by atoms with Crippen LogP contribution in [0.25, 0.3) is 0 Å². The average molecular weight is 242 g/mol. The molecule has 1 aromatic carbocycles. The summed E-state index contributed by atoms with van der Waals surface area (Å²) in [6, 6.07) is 7.20. The van der Waals surface area contributed by atoms with E-state index in [0.29, 0.717) is 11.6 Å². The lowest BCUT2D eigenvalue weighted by molar-refractivity contribution is 0.421. The van der Waals surface area contributed by atoms with Crippen LogP contribution in [0.1, 0.15) is 5.56 Å². The summed E-state index contributed by atoms with van der Waals surface area (Å²) in [6.07, 6.45) is 0. The zero-order valence-electron chi connectivity index (χ0n) is 7.68. The highest BCUT2D eigenvalue weighted by Gasteiger charge is 2.05. The molecule has 1 N–H and O–H groups in total. The monoisotopic (exact) mass is 241 g/mol. The minimum absolute atomic E-state index is 0.00928. The normalized spacial score (nSPS) is 10.5. The van der Waals surface area contributed by atoms with Crippen LogP contribution in [0, 0.1) is 0 Å². The topological polar surface area (TPSA) is 42.2 Å². The van der Waals surface area contributed by atoms with Gasteiger partial charge in [-0.2, -0.15) is 0 Å². The van der Waals surface area contributed by atoms with E-state index in [-0.39, 0.29) is 10.8 Å². The van der Waals surface area contributed by atoms with Crippen molar-refractivity contribution in [3.05, 3.63) is 49.9 Å². The van der Waals surface area contributed by atoms with E-state index in [4.69, 9.17) is 11.6 Å². The molecule has 0 amide bonds. The zero-order chi connectivity index (χ0) is 10.8. The number of nitrogens with zero attached hydrogens (tertiary/aromatic N) is 1. The fraction of sp³-hybridized carbons (Fsp3) is 0.100. The van der Waals surface area contributed by atoms with E-state index >= 15 is 0 Å². The van der Waals surface area contributed by atoms with E-state index in [2.05, 4.69) is 0 Å². The average Bonchev–Trinajstić information content (AvgIpc) is 2.50. The van der Waals surface area contributed by atoms with Gasteiger partial charge >= 0.3 is 4.87 Å². The smallest absolute Gasteiger partial charge is 0.310 e. The largest absolute Gasteiger partial charge is 0.494 e. The second-order valence-corrected chi connectivity index (χ2v) is 4.33. The molecule has 0 bridgehead atoms. The number of halogens is 1. The summed E-state index contributed by atoms with van der Waals surface area (Å²) < 4.78 is 1.30. The molecule has 0 aliphatic heterocycles. The first-order valence-electron chi connectivity index (χ1n) is 4.28. The number of rotatable bonds is 2. The Labute approximate surface area is 95.2 Å². The lowest BCUT2D eigenvalue weighted by atomic mass is 10.2. The second kappa shape index (κ2) is 4.08. The van der Waals surface area contributed by atoms with Gasteiger partial charge in [0.1, 0.15) is 0 Å². The minimum Gasteiger partial charge on any atom is -0.494 e. The Balaban J connectivity index is 2.33. The van der Waals surface area contributed by atoms with Gasteiger partial charge in [0.15, 0.2) is 0 Å². The van der Waals surface area contributed by atoms with Gasteiger partial charge in [-0.15, -0.1) is 0 Å². The first kappa shape index (κ1) is 10.3. The highest BCUT2D eigenvalue weighted by molar-refractivity contribution is 7.07. The third-order valence-corrected chi connectivity index (χ3v) is 2.98. The summed E-state index contributed by atoms with van der Waals surface area (Å²) in [5.41, 5.74) is 0.887. The zero-order valence-corrected chi connectivity index (χ0v) is 9.26. The summed E-state index contributed by atoms with van der Waals surface area (Å²) in [5.74, 6) is -0.00928. The van der Waals surface area contributed by atoms with Crippen molar-refractivity contribution < 1.29 is 5.11 Å². The molecule has 0 radical (unpaired) electrons. The first-order valence-corrected chi connectivity index (χ1v) is 5.54. The van der Waals surface area contributed by atoms with Crippen molar-refractivity contribution in [2.24, 2.45) is 0 Å². The molecule has 0 aliphatic carbocycles. The summed E-state index contributed by atoms with van der Waals surface area (Å²) in [4.78, 5) is 11.1. The summed E-state index contributed by atoms with van der Waals surface area (Å²) in [5, 5.41) is 11.4. The van der Waals surface area contributed by atoms with Crippen molar-refractivity contribution in [1.82, 2.24) is 4.57 Å². The molecule has 0 fully saturated rings. The summed E-state index contributed by atoms with van der Waals surface area (Å²) in [6.45, 7) is 0.342. The predicted molar refractivity (Wildman–Crippen MR) is 60.8 cm³/mol. The molecule has 15 heavy (non-hydrogen) atoms. The molecule has 0 saturated heterocycles. The predicted octanol–water partition coefficient (Wildman–Crippen LogP) is 2.32. The van der Waals surface area contributed by atoms with Crippen molar-refractivity contribution >= 4 is 22.9 Å². The number of benzene rings is 1. The molecule has 0 saturated carbocycles. The van der Waals surface area contributed by atoms with Crippen molar-refractivity contribution in [1.29, 1.82) is 0 Å². The van der Waals surface area contributed by atoms with E-state index in [1.165, 1.54) is 9.95 Å². The Hall–Kier alpha value is -1.26. The fourth-order valence-corrected chi connectivity index (χ4v) is 2.12. The Morgan fingerprint density at radius 1 is 1.47 bits per heavy atom. The molecule has 3 nitrogen and oxygen atoms in total. The Morgan fingerprint density at radius 3 is 2.87 bits per heavy atom. The maximum Gasteiger partial charge on any atom is 0.310 e. The van der Waals surface area contributed by atoms with Gasteiger partial charge in [-0.05, 0) is 17.7 Å². The maximum absolute atomic E-state index is 11.3. The van der Waals surface area contributed by atoms with Crippen LogP contribution in [-0.2, 0) is 6.54 Å². The minimum atomic E-state index is -0.174. The van der Waals surface area contributed by atoms with Crippen LogP contribution in [0.5, 0.6) is 5.88 Å². The molecule has 78 valence electrons. The standard InChI is InChI=1S/C10H8ClNO2S/c11-8-3-1-2-7(4-8)5-12-9(13)6-15-10(12)14/h1-4,6,13H,5H2. The van der Waals surface area contributed by atoms with E-state index in [1.54, 1.807) is 12.1 Å². The van der Waals surface area contributed by atoms with Gasteiger partial charge in [0.05, 0.1) is 11.9 Å². The Kier molecular flexibility index (Phi) is 2.79. The quantitative estimate of drug-likeness (QED) is 0.877. The van der Waals surface area contributed by atoms with Crippen LogP contribution in [0.2, 0.25) is 5.02 Å². The highest BCUT2D eigenvalue weighted by atomic mass is 35.5. The third-order valence-electron chi connectivity index (χ3n) is 1.99. The van der Waals surface area contributed by atoms with Crippen LogP contribution in [0.15, 0.2) is 34.4 Å². The molecule has 0 atom stereocenters. The lowest BCUT2D eigenvalue weighted by Crippen LogP contribution is -2.13. The molecule has 0 unspecified atom stereocenters. The van der Waals surface area contributed by atoms with Crippen molar-refractivity contribution in [3.8, 4) is 5.88 Å². The lowest BCUT2D eigenvalue weighted by Gasteiger charge is -2.03. The van der Waals surface area contributed by atoms with Crippen LogP contribution in [0.4, 0.5) is 0 Å². The molecule has 0 aliphatic rings. The number of thiazole rings is 1. The van der Waals surface area contributed by atoms with Crippen LogP contribution in [-0.4, -0.2) is 9.67 Å². The number of aromatic nitrogens is 1. The molecule has 2 rings (SSSR count). The number of aromatic hydroxyl groups is 1. The van der Waals surface area contributed by atoms with Gasteiger partial charge in [0.2, 0.25) is 5.88 Å². The van der Waals surface area contributed by atoms with Crippen LogP contribution >= 0.6 is 22.9 Å². The van der Waals surface area contributed by atoms with Crippen LogP contribution < -0.4 is 4.87 Å². The van der Waals surface area contributed by atoms with Gasteiger partial charge in [-0.1, -0.05) is 35.1 Å². The molecule has 1 aromatic heterocycles. The molecule has 1 heterocycles. The molecule has 5 heteroatoms. The van der Waals surface area contributed by atoms with Crippen molar-refractivity contribution in [2.45, 2.75) is 6.54 Å². The fourth-order valence-electron chi connectivity index (χ4n) is 1.29. The second-order valence-electron chi connectivity index (χ2n) is 3.08. The molecular weight excluding hydrogens is 234 g/mol. The maximum atomic E-state index is 11.3. The SMILES string of the molecule is O=c1scc(O)n1Cc1cccc(Cl)c1. The third kappa shape index (κ3) is 2.22. The molecule has 2 aromatic rings. The van der Waals surface area contributed by atoms with E-state index in [9.17, 15) is 9.90 Å². The number of hydrogen-bond acceptors (Lipinski definition) is 3. The summed E-state index contributed by atoms with van der Waals surface area (Å²) in [7, 11) is 0. The molecule has 0 spiro atoms. The Morgan fingerprint density at radius 2 is 2.27 bits per heavy atom. The van der Waals surface area contributed by atoms with Gasteiger partial charge in [-0.25, -0.2) is 0 Å². The molecular formula is C10H8ClNO2S. The van der Waals surface area contributed by atoms with E-state index < -0.39 is 0 Å². The van der Waals surface area contributed by atoms with Crippen molar-refractivity contribution in [3.63, 3.8) is 0 Å². The first-order chi connectivity index (χ1) is 7.16. The van der Waals surface area contributed by atoms with Gasteiger partial charge in [0, 0.05) is 5.02 Å². The van der Waals surface area contributed by atoms with E-state index in [0.717, 1.165) is 16.9 Å². The van der Waals surface area contributed by atoms with E-state index in [1.807, 2.05) is 12.1 Å².